The maximum atomic E-state index is 12.6. The van der Waals surface area contributed by atoms with Crippen molar-refractivity contribution in [3.8, 4) is 11.6 Å². The Morgan fingerprint density at radius 2 is 2.18 bits per heavy atom. The smallest absolute Gasteiger partial charge is 0.251 e. The molecule has 1 fully saturated rings. The van der Waals surface area contributed by atoms with Crippen LogP contribution in [0.1, 0.15) is 28.8 Å². The Labute approximate surface area is 168 Å². The van der Waals surface area contributed by atoms with Crippen LogP contribution in [0.4, 0.5) is 0 Å². The molecule has 0 atom stereocenters. The molecule has 0 aliphatic heterocycles. The Morgan fingerprint density at radius 3 is 2.93 bits per heavy atom. The maximum Gasteiger partial charge on any atom is 0.251 e. The zero-order valence-electron chi connectivity index (χ0n) is 15.7. The third kappa shape index (κ3) is 4.54. The number of aromatic nitrogens is 3. The molecular formula is C21H22N4O2S. The van der Waals surface area contributed by atoms with Gasteiger partial charge in [-0.1, -0.05) is 23.9 Å². The number of hydrogen-bond donors (Lipinski definition) is 1. The van der Waals surface area contributed by atoms with Crippen molar-refractivity contribution in [1.29, 1.82) is 0 Å². The third-order valence-electron chi connectivity index (χ3n) is 4.59. The first kappa shape index (κ1) is 18.6. The summed E-state index contributed by atoms with van der Waals surface area (Å²) < 4.78 is 7.60. The molecule has 1 aliphatic rings. The first-order valence-electron chi connectivity index (χ1n) is 9.26. The number of thioether (sulfide) groups is 1. The maximum absolute atomic E-state index is 12.6. The Kier molecular flexibility index (Phi) is 5.62. The monoisotopic (exact) mass is 394 g/mol. The fourth-order valence-corrected chi connectivity index (χ4v) is 3.34. The lowest BCUT2D eigenvalue weighted by Gasteiger charge is -2.10. The molecule has 144 valence electrons. The number of amides is 1. The van der Waals surface area contributed by atoms with Crippen molar-refractivity contribution in [2.75, 3.05) is 12.9 Å². The van der Waals surface area contributed by atoms with Crippen molar-refractivity contribution >= 4 is 17.7 Å². The Balaban J connectivity index is 1.36. The number of nitrogens with zero attached hydrogens (tertiary/aromatic N) is 3. The topological polar surface area (TPSA) is 69.0 Å². The second-order valence-electron chi connectivity index (χ2n) is 6.78. The highest BCUT2D eigenvalue weighted by Crippen LogP contribution is 2.29. The lowest BCUT2D eigenvalue weighted by atomic mass is 10.2. The number of hydrogen-bond acceptors (Lipinski definition) is 5. The van der Waals surface area contributed by atoms with Gasteiger partial charge < -0.3 is 10.1 Å². The normalized spacial score (nSPS) is 13.3. The van der Waals surface area contributed by atoms with Crippen LogP contribution in [0.3, 0.4) is 0 Å². The van der Waals surface area contributed by atoms with Crippen LogP contribution in [0.25, 0.3) is 5.69 Å². The van der Waals surface area contributed by atoms with Crippen LogP contribution in [0.15, 0.2) is 60.1 Å². The molecule has 4 rings (SSSR count). The van der Waals surface area contributed by atoms with Crippen LogP contribution in [-0.4, -0.2) is 33.3 Å². The third-order valence-corrected chi connectivity index (χ3v) is 5.26. The highest BCUT2D eigenvalue weighted by molar-refractivity contribution is 7.98. The van der Waals surface area contributed by atoms with Crippen LogP contribution in [0, 0.1) is 5.92 Å². The van der Waals surface area contributed by atoms with Gasteiger partial charge in [-0.25, -0.2) is 9.97 Å². The number of carbonyl (C=O) groups excluding carboxylic acids is 1. The lowest BCUT2D eigenvalue weighted by molar-refractivity contribution is 0.0951. The Hall–Kier alpha value is -2.80. The van der Waals surface area contributed by atoms with Gasteiger partial charge in [0.05, 0.1) is 6.61 Å². The van der Waals surface area contributed by atoms with Gasteiger partial charge in [0.1, 0.15) is 0 Å². The van der Waals surface area contributed by atoms with Crippen molar-refractivity contribution in [2.24, 2.45) is 5.92 Å². The van der Waals surface area contributed by atoms with E-state index in [4.69, 9.17) is 4.74 Å². The predicted molar refractivity (Wildman–Crippen MR) is 109 cm³/mol. The second-order valence-corrected chi connectivity index (χ2v) is 7.55. The summed E-state index contributed by atoms with van der Waals surface area (Å²) in [6.45, 7) is 1.16. The largest absolute Gasteiger partial charge is 0.477 e. The van der Waals surface area contributed by atoms with E-state index in [1.807, 2.05) is 53.4 Å². The van der Waals surface area contributed by atoms with Crippen molar-refractivity contribution in [3.05, 3.63) is 66.1 Å². The summed E-state index contributed by atoms with van der Waals surface area (Å²) in [5.41, 5.74) is 2.45. The van der Waals surface area contributed by atoms with E-state index in [-0.39, 0.29) is 5.91 Å². The average molecular weight is 395 g/mol. The summed E-state index contributed by atoms with van der Waals surface area (Å²) in [5, 5.41) is 3.83. The fourth-order valence-electron chi connectivity index (χ4n) is 2.81. The quantitative estimate of drug-likeness (QED) is 0.590. The van der Waals surface area contributed by atoms with E-state index >= 15 is 0 Å². The molecule has 1 aromatic carbocycles. The van der Waals surface area contributed by atoms with E-state index in [1.54, 1.807) is 24.2 Å². The summed E-state index contributed by atoms with van der Waals surface area (Å²) in [6, 6.07) is 11.3. The number of rotatable bonds is 8. The van der Waals surface area contributed by atoms with Crippen LogP contribution >= 0.6 is 11.8 Å². The lowest BCUT2D eigenvalue weighted by Crippen LogP contribution is -2.23. The SMILES string of the molecule is CSc1nccn1-c1cccc(C(=O)NCc2ccc(OCC3CC3)nc2)c1. The van der Waals surface area contributed by atoms with Crippen molar-refractivity contribution in [2.45, 2.75) is 24.5 Å². The molecule has 6 nitrogen and oxygen atoms in total. The molecule has 3 aromatic rings. The van der Waals surface area contributed by atoms with Crippen molar-refractivity contribution in [1.82, 2.24) is 19.9 Å². The molecule has 0 unspecified atom stereocenters. The minimum atomic E-state index is -0.123. The minimum Gasteiger partial charge on any atom is -0.477 e. The highest BCUT2D eigenvalue weighted by atomic mass is 32.2. The molecule has 0 radical (unpaired) electrons. The van der Waals surface area contributed by atoms with E-state index < -0.39 is 0 Å². The summed E-state index contributed by atoms with van der Waals surface area (Å²) in [6.07, 6.45) is 9.88. The number of pyridine rings is 1. The molecule has 2 aromatic heterocycles. The molecule has 1 N–H and O–H groups in total. The summed E-state index contributed by atoms with van der Waals surface area (Å²) in [7, 11) is 0. The molecule has 0 bridgehead atoms. The summed E-state index contributed by atoms with van der Waals surface area (Å²) in [4.78, 5) is 21.2. The minimum absolute atomic E-state index is 0.123. The molecule has 1 aliphatic carbocycles. The summed E-state index contributed by atoms with van der Waals surface area (Å²) >= 11 is 1.56. The van der Waals surface area contributed by atoms with E-state index in [1.165, 1.54) is 12.8 Å². The van der Waals surface area contributed by atoms with Gasteiger partial charge in [0.15, 0.2) is 5.16 Å². The highest BCUT2D eigenvalue weighted by Gasteiger charge is 2.22. The van der Waals surface area contributed by atoms with Gasteiger partial charge in [-0.05, 0) is 48.8 Å². The van der Waals surface area contributed by atoms with Gasteiger partial charge >= 0.3 is 0 Å². The zero-order valence-corrected chi connectivity index (χ0v) is 16.5. The van der Waals surface area contributed by atoms with E-state index in [2.05, 4.69) is 15.3 Å². The van der Waals surface area contributed by atoms with Gasteiger partial charge in [0.25, 0.3) is 5.91 Å². The number of nitrogens with one attached hydrogen (secondary N) is 1. The molecule has 1 amide bonds. The molecule has 7 heteroatoms. The van der Waals surface area contributed by atoms with Gasteiger partial charge in [-0.2, -0.15) is 0 Å². The first-order valence-corrected chi connectivity index (χ1v) is 10.5. The standard InChI is InChI=1S/C21H22N4O2S/c1-28-21-22-9-10-25(21)18-4-2-3-17(11-18)20(26)24-13-16-7-8-19(23-12-16)27-14-15-5-6-15/h2-4,7-12,15H,5-6,13-14H2,1H3,(H,24,26). The van der Waals surface area contributed by atoms with Crippen molar-refractivity contribution < 1.29 is 9.53 Å². The Bertz CT molecular complexity index is 951. The number of benzene rings is 1. The molecular weight excluding hydrogens is 372 g/mol. The van der Waals surface area contributed by atoms with Crippen LogP contribution < -0.4 is 10.1 Å². The molecule has 28 heavy (non-hydrogen) atoms. The van der Waals surface area contributed by atoms with E-state index in [9.17, 15) is 4.79 Å². The van der Waals surface area contributed by atoms with E-state index in [0.29, 0.717) is 23.9 Å². The number of ether oxygens (including phenoxy) is 1. The summed E-state index contributed by atoms with van der Waals surface area (Å²) in [5.74, 6) is 1.21. The Morgan fingerprint density at radius 1 is 1.29 bits per heavy atom. The average Bonchev–Trinajstić information content (AvgIpc) is 3.45. The van der Waals surface area contributed by atoms with Gasteiger partial charge in [-0.3, -0.25) is 9.36 Å². The molecule has 2 heterocycles. The van der Waals surface area contributed by atoms with Gasteiger partial charge in [-0.15, -0.1) is 0 Å². The second kappa shape index (κ2) is 8.48. The van der Waals surface area contributed by atoms with Crippen molar-refractivity contribution in [3.63, 3.8) is 0 Å². The van der Waals surface area contributed by atoms with Gasteiger partial charge in [0.2, 0.25) is 5.88 Å². The van der Waals surface area contributed by atoms with Gasteiger partial charge in [0, 0.05) is 42.5 Å². The van der Waals surface area contributed by atoms with E-state index in [0.717, 1.165) is 23.0 Å². The molecule has 0 spiro atoms. The first-order chi connectivity index (χ1) is 13.7. The number of imidazole rings is 1. The molecule has 1 saturated carbocycles. The van der Waals surface area contributed by atoms with Crippen LogP contribution in [-0.2, 0) is 6.54 Å². The predicted octanol–water partition coefficient (Wildman–Crippen LogP) is 3.71. The fraction of sp³-hybridized carbons (Fsp3) is 0.286. The zero-order chi connectivity index (χ0) is 19.3. The molecule has 0 saturated heterocycles. The van der Waals surface area contributed by atoms with Crippen LogP contribution in [0.5, 0.6) is 5.88 Å². The number of carbonyl (C=O) groups is 1. The van der Waals surface area contributed by atoms with Crippen LogP contribution in [0.2, 0.25) is 0 Å².